The second kappa shape index (κ2) is 5.63. The number of esters is 1. The Hall–Kier alpha value is -2.63. The number of fused-ring (bicyclic) bond motifs is 1. The summed E-state index contributed by atoms with van der Waals surface area (Å²) in [6.07, 6.45) is 1.88. The van der Waals surface area contributed by atoms with Crippen molar-refractivity contribution in [3.63, 3.8) is 0 Å². The zero-order chi connectivity index (χ0) is 15.7. The molecule has 0 spiro atoms. The van der Waals surface area contributed by atoms with E-state index in [1.807, 2.05) is 60.3 Å². The van der Waals surface area contributed by atoms with Gasteiger partial charge in [-0.05, 0) is 39.0 Å². The van der Waals surface area contributed by atoms with Crippen LogP contribution in [0.2, 0.25) is 0 Å². The number of aryl methyl sites for hydroxylation is 3. The number of ether oxygens (including phenoxy) is 1. The molecule has 0 aliphatic heterocycles. The lowest BCUT2D eigenvalue weighted by molar-refractivity contribution is 0.0483. The molecule has 0 N–H and O–H groups in total. The van der Waals surface area contributed by atoms with E-state index in [1.54, 1.807) is 0 Å². The predicted octanol–water partition coefficient (Wildman–Crippen LogP) is 2.31. The van der Waals surface area contributed by atoms with Gasteiger partial charge in [-0.25, -0.2) is 9.78 Å². The maximum absolute atomic E-state index is 12.2. The van der Waals surface area contributed by atoms with Gasteiger partial charge in [-0.3, -0.25) is 4.68 Å². The van der Waals surface area contributed by atoms with Crippen LogP contribution in [0, 0.1) is 20.8 Å². The second-order valence-electron chi connectivity index (χ2n) is 5.25. The molecule has 0 unspecified atom stereocenters. The first-order chi connectivity index (χ1) is 10.6. The molecule has 0 saturated heterocycles. The van der Waals surface area contributed by atoms with E-state index in [0.717, 1.165) is 22.7 Å². The fourth-order valence-corrected chi connectivity index (χ4v) is 2.54. The van der Waals surface area contributed by atoms with Crippen molar-refractivity contribution < 1.29 is 9.53 Å². The largest absolute Gasteiger partial charge is 0.459 e. The Balaban J connectivity index is 1.70. The van der Waals surface area contributed by atoms with E-state index in [9.17, 15) is 4.79 Å². The molecule has 3 rings (SSSR count). The van der Waals surface area contributed by atoms with Crippen LogP contribution in [0.3, 0.4) is 0 Å². The maximum atomic E-state index is 12.2. The van der Waals surface area contributed by atoms with Crippen LogP contribution in [0.4, 0.5) is 0 Å². The number of hydrogen-bond donors (Lipinski definition) is 0. The molecule has 0 aliphatic carbocycles. The first-order valence-electron chi connectivity index (χ1n) is 7.18. The molecular formula is C16H18N4O2. The highest BCUT2D eigenvalue weighted by Gasteiger charge is 2.16. The molecule has 114 valence electrons. The molecule has 22 heavy (non-hydrogen) atoms. The number of hydrogen-bond acceptors (Lipinski definition) is 4. The minimum atomic E-state index is -0.404. The highest BCUT2D eigenvalue weighted by atomic mass is 16.5. The standard InChI is InChI=1S/C16H18N4O2/c1-11-10-12(2)20(18-11)8-9-22-16(21)15-14-6-4-5-7-19(14)13(3)17-15/h4-7,10H,8-9H2,1-3H3. The number of imidazole rings is 1. The Kier molecular flexibility index (Phi) is 3.66. The van der Waals surface area contributed by atoms with Gasteiger partial charge in [0, 0.05) is 11.9 Å². The van der Waals surface area contributed by atoms with E-state index >= 15 is 0 Å². The van der Waals surface area contributed by atoms with E-state index in [0.29, 0.717) is 12.2 Å². The van der Waals surface area contributed by atoms with E-state index < -0.39 is 5.97 Å². The van der Waals surface area contributed by atoms with Gasteiger partial charge in [0.05, 0.1) is 17.8 Å². The average molecular weight is 298 g/mol. The van der Waals surface area contributed by atoms with Crippen molar-refractivity contribution in [1.29, 1.82) is 0 Å². The molecular weight excluding hydrogens is 280 g/mol. The van der Waals surface area contributed by atoms with Crippen molar-refractivity contribution in [2.45, 2.75) is 27.3 Å². The van der Waals surface area contributed by atoms with Crippen LogP contribution in [0.15, 0.2) is 30.5 Å². The highest BCUT2D eigenvalue weighted by molar-refractivity contribution is 5.95. The van der Waals surface area contributed by atoms with Crippen molar-refractivity contribution in [3.8, 4) is 0 Å². The molecule has 0 fully saturated rings. The lowest BCUT2D eigenvalue weighted by Gasteiger charge is -2.05. The van der Waals surface area contributed by atoms with E-state index in [1.165, 1.54) is 0 Å². The predicted molar refractivity (Wildman–Crippen MR) is 81.9 cm³/mol. The van der Waals surface area contributed by atoms with Gasteiger partial charge in [0.2, 0.25) is 0 Å². The lowest BCUT2D eigenvalue weighted by Crippen LogP contribution is -2.13. The second-order valence-corrected chi connectivity index (χ2v) is 5.25. The third-order valence-electron chi connectivity index (χ3n) is 3.56. The molecule has 0 radical (unpaired) electrons. The molecule has 0 aliphatic rings. The molecule has 0 amide bonds. The number of nitrogens with zero attached hydrogens (tertiary/aromatic N) is 4. The van der Waals surface area contributed by atoms with Gasteiger partial charge in [-0.1, -0.05) is 6.07 Å². The van der Waals surface area contributed by atoms with Crippen molar-refractivity contribution >= 4 is 11.5 Å². The summed E-state index contributed by atoms with van der Waals surface area (Å²) in [6, 6.07) is 7.63. The first kappa shape index (κ1) is 14.3. The van der Waals surface area contributed by atoms with Crippen LogP contribution in [0.25, 0.3) is 5.52 Å². The van der Waals surface area contributed by atoms with Gasteiger partial charge in [-0.15, -0.1) is 0 Å². The summed E-state index contributed by atoms with van der Waals surface area (Å²) in [6.45, 7) is 6.59. The molecule has 0 atom stereocenters. The Bertz CT molecular complexity index is 832. The van der Waals surface area contributed by atoms with Gasteiger partial charge >= 0.3 is 5.97 Å². The van der Waals surface area contributed by atoms with E-state index in [-0.39, 0.29) is 6.61 Å². The monoisotopic (exact) mass is 298 g/mol. The zero-order valence-electron chi connectivity index (χ0n) is 12.9. The molecule has 3 heterocycles. The lowest BCUT2D eigenvalue weighted by atomic mass is 10.3. The summed E-state index contributed by atoms with van der Waals surface area (Å²) >= 11 is 0. The van der Waals surface area contributed by atoms with Crippen LogP contribution >= 0.6 is 0 Å². The van der Waals surface area contributed by atoms with Crippen LogP contribution < -0.4 is 0 Å². The Labute approximate surface area is 128 Å². The Morgan fingerprint density at radius 1 is 1.27 bits per heavy atom. The molecule has 6 heteroatoms. The van der Waals surface area contributed by atoms with Crippen molar-refractivity contribution in [3.05, 3.63) is 53.4 Å². The summed E-state index contributed by atoms with van der Waals surface area (Å²) in [7, 11) is 0. The first-order valence-corrected chi connectivity index (χ1v) is 7.18. The van der Waals surface area contributed by atoms with Crippen molar-refractivity contribution in [2.24, 2.45) is 0 Å². The fraction of sp³-hybridized carbons (Fsp3) is 0.312. The molecule has 3 aromatic heterocycles. The summed E-state index contributed by atoms with van der Waals surface area (Å²) in [5.41, 5.74) is 3.12. The Morgan fingerprint density at radius 3 is 2.82 bits per heavy atom. The van der Waals surface area contributed by atoms with Crippen LogP contribution in [-0.2, 0) is 11.3 Å². The third kappa shape index (κ3) is 2.59. The normalized spacial score (nSPS) is 11.0. The summed E-state index contributed by atoms with van der Waals surface area (Å²) in [5, 5.41) is 4.34. The molecule has 0 saturated carbocycles. The smallest absolute Gasteiger partial charge is 0.359 e. The quantitative estimate of drug-likeness (QED) is 0.693. The molecule has 3 aromatic rings. The zero-order valence-corrected chi connectivity index (χ0v) is 12.9. The SMILES string of the molecule is Cc1cc(C)n(CCOC(=O)c2nc(C)n3ccccc23)n1. The average Bonchev–Trinajstić information content (AvgIpc) is 2.99. The van der Waals surface area contributed by atoms with Gasteiger partial charge in [0.25, 0.3) is 0 Å². The van der Waals surface area contributed by atoms with Gasteiger partial charge < -0.3 is 9.14 Å². The number of carbonyl (C=O) groups excluding carboxylic acids is 1. The molecule has 0 aromatic carbocycles. The number of pyridine rings is 1. The maximum Gasteiger partial charge on any atom is 0.359 e. The van der Waals surface area contributed by atoms with Gasteiger partial charge in [-0.2, -0.15) is 5.10 Å². The summed E-state index contributed by atoms with van der Waals surface area (Å²) in [5.74, 6) is 0.361. The van der Waals surface area contributed by atoms with E-state index in [2.05, 4.69) is 10.1 Å². The Morgan fingerprint density at radius 2 is 2.09 bits per heavy atom. The number of carbonyl (C=O) groups is 1. The molecule has 0 bridgehead atoms. The topological polar surface area (TPSA) is 61.4 Å². The minimum absolute atomic E-state index is 0.270. The minimum Gasteiger partial charge on any atom is -0.459 e. The summed E-state index contributed by atoms with van der Waals surface area (Å²) in [4.78, 5) is 16.5. The summed E-state index contributed by atoms with van der Waals surface area (Å²) < 4.78 is 9.05. The number of aromatic nitrogens is 4. The van der Waals surface area contributed by atoms with Gasteiger partial charge in [0.1, 0.15) is 12.4 Å². The fourth-order valence-electron chi connectivity index (χ4n) is 2.54. The molecule has 6 nitrogen and oxygen atoms in total. The highest BCUT2D eigenvalue weighted by Crippen LogP contribution is 2.13. The van der Waals surface area contributed by atoms with Gasteiger partial charge in [0.15, 0.2) is 5.69 Å². The third-order valence-corrected chi connectivity index (χ3v) is 3.56. The number of rotatable bonds is 4. The van der Waals surface area contributed by atoms with Crippen LogP contribution in [0.1, 0.15) is 27.7 Å². The van der Waals surface area contributed by atoms with Crippen LogP contribution in [-0.4, -0.2) is 31.7 Å². The van der Waals surface area contributed by atoms with Crippen LogP contribution in [0.5, 0.6) is 0 Å². The van der Waals surface area contributed by atoms with E-state index in [4.69, 9.17) is 4.74 Å². The van der Waals surface area contributed by atoms with Crippen molar-refractivity contribution in [2.75, 3.05) is 6.61 Å². The van der Waals surface area contributed by atoms with Crippen molar-refractivity contribution in [1.82, 2.24) is 19.2 Å².